The molecule has 0 aliphatic carbocycles. The van der Waals surface area contributed by atoms with E-state index in [1.807, 2.05) is 6.07 Å². The Bertz CT molecular complexity index is 202. The number of hydrogen-bond donors (Lipinski definition) is 1. The number of hydrogen-bond acceptors (Lipinski definition) is 3. The first-order chi connectivity index (χ1) is 4.43. The standard InChI is InChI=1S/C6H6N2O.ClH/c7-2-3-8-6-1-4-9-5-6;/h1,4-5,8H,3H2;1H. The van der Waals surface area contributed by atoms with Crippen LogP contribution in [0.15, 0.2) is 23.0 Å². The van der Waals surface area contributed by atoms with Crippen LogP contribution >= 0.6 is 12.4 Å². The molecular weight excluding hydrogens is 152 g/mol. The van der Waals surface area contributed by atoms with Gasteiger partial charge in [0.05, 0.1) is 18.0 Å². The molecule has 0 amide bonds. The van der Waals surface area contributed by atoms with Crippen molar-refractivity contribution >= 4 is 18.1 Å². The summed E-state index contributed by atoms with van der Waals surface area (Å²) in [5.41, 5.74) is 0.844. The summed E-state index contributed by atoms with van der Waals surface area (Å²) in [6, 6.07) is 3.71. The van der Waals surface area contributed by atoms with Crippen LogP contribution in [0.1, 0.15) is 0 Å². The second-order valence-electron chi connectivity index (χ2n) is 1.52. The molecule has 4 heteroatoms. The van der Waals surface area contributed by atoms with E-state index in [1.165, 1.54) is 0 Å². The number of nitrogens with zero attached hydrogens (tertiary/aromatic N) is 1. The smallest absolute Gasteiger partial charge is 0.113 e. The maximum atomic E-state index is 8.12. The van der Waals surface area contributed by atoms with Crippen LogP contribution in [0, 0.1) is 11.3 Å². The fourth-order valence-corrected chi connectivity index (χ4v) is 0.507. The Morgan fingerprint density at radius 3 is 3.00 bits per heavy atom. The van der Waals surface area contributed by atoms with Crippen LogP contribution in [0.2, 0.25) is 0 Å². The van der Waals surface area contributed by atoms with Crippen LogP contribution in [0.25, 0.3) is 0 Å². The highest BCUT2D eigenvalue weighted by Crippen LogP contribution is 2.04. The zero-order valence-corrected chi connectivity index (χ0v) is 6.02. The normalized spacial score (nSPS) is 7.50. The Hall–Kier alpha value is -1.14. The molecule has 0 aliphatic rings. The van der Waals surface area contributed by atoms with Crippen molar-refractivity contribution in [2.24, 2.45) is 0 Å². The Morgan fingerprint density at radius 1 is 1.70 bits per heavy atom. The molecule has 0 radical (unpaired) electrons. The zero-order valence-electron chi connectivity index (χ0n) is 5.20. The molecule has 1 aromatic heterocycles. The van der Waals surface area contributed by atoms with E-state index in [1.54, 1.807) is 18.6 Å². The van der Waals surface area contributed by atoms with Gasteiger partial charge in [0.15, 0.2) is 0 Å². The molecule has 0 aromatic carbocycles. The SMILES string of the molecule is Cl.N#CCNc1ccoc1. The Morgan fingerprint density at radius 2 is 2.50 bits per heavy atom. The molecule has 0 atom stereocenters. The van der Waals surface area contributed by atoms with Gasteiger partial charge in [0.1, 0.15) is 12.8 Å². The molecule has 3 nitrogen and oxygen atoms in total. The van der Waals surface area contributed by atoms with Gasteiger partial charge in [0, 0.05) is 0 Å². The van der Waals surface area contributed by atoms with Gasteiger partial charge in [0.25, 0.3) is 0 Å². The van der Waals surface area contributed by atoms with Crippen molar-refractivity contribution < 1.29 is 4.42 Å². The molecule has 0 unspecified atom stereocenters. The molecule has 0 fully saturated rings. The summed E-state index contributed by atoms with van der Waals surface area (Å²) in [6.07, 6.45) is 3.11. The summed E-state index contributed by atoms with van der Waals surface area (Å²) in [7, 11) is 0. The van der Waals surface area contributed by atoms with E-state index >= 15 is 0 Å². The fraction of sp³-hybridized carbons (Fsp3) is 0.167. The van der Waals surface area contributed by atoms with Gasteiger partial charge in [0.2, 0.25) is 0 Å². The average molecular weight is 159 g/mol. The predicted octanol–water partition coefficient (Wildman–Crippen LogP) is 1.64. The minimum absolute atomic E-state index is 0. The number of nitrogens with one attached hydrogen (secondary N) is 1. The lowest BCUT2D eigenvalue weighted by molar-refractivity contribution is 0.568. The third-order valence-electron chi connectivity index (χ3n) is 0.893. The molecule has 0 aliphatic heterocycles. The summed E-state index contributed by atoms with van der Waals surface area (Å²) in [5.74, 6) is 0. The molecule has 0 saturated heterocycles. The summed E-state index contributed by atoms with van der Waals surface area (Å²) in [5, 5.41) is 10.9. The molecule has 10 heavy (non-hydrogen) atoms. The van der Waals surface area contributed by atoms with Crippen molar-refractivity contribution in [2.75, 3.05) is 11.9 Å². The molecule has 0 spiro atoms. The van der Waals surface area contributed by atoms with Crippen molar-refractivity contribution in [3.63, 3.8) is 0 Å². The second-order valence-corrected chi connectivity index (χ2v) is 1.52. The minimum Gasteiger partial charge on any atom is -0.470 e. The van der Waals surface area contributed by atoms with Gasteiger partial charge in [-0.05, 0) is 6.07 Å². The fourth-order valence-electron chi connectivity index (χ4n) is 0.507. The maximum absolute atomic E-state index is 8.12. The van der Waals surface area contributed by atoms with Gasteiger partial charge in [-0.25, -0.2) is 0 Å². The highest BCUT2D eigenvalue weighted by atomic mass is 35.5. The van der Waals surface area contributed by atoms with Crippen molar-refractivity contribution in [2.45, 2.75) is 0 Å². The predicted molar refractivity (Wildman–Crippen MR) is 40.1 cm³/mol. The molecule has 1 heterocycles. The van der Waals surface area contributed by atoms with E-state index < -0.39 is 0 Å². The first kappa shape index (κ1) is 8.86. The largest absolute Gasteiger partial charge is 0.470 e. The summed E-state index contributed by atoms with van der Waals surface area (Å²) < 4.78 is 4.74. The highest BCUT2D eigenvalue weighted by molar-refractivity contribution is 5.85. The minimum atomic E-state index is 0. The van der Waals surface area contributed by atoms with Crippen LogP contribution in [0.3, 0.4) is 0 Å². The van der Waals surface area contributed by atoms with Gasteiger partial charge in [-0.1, -0.05) is 0 Å². The molecule has 0 bridgehead atoms. The Kier molecular flexibility index (Phi) is 4.17. The van der Waals surface area contributed by atoms with Crippen LogP contribution in [-0.4, -0.2) is 6.54 Å². The Balaban J connectivity index is 0.000000810. The number of furan rings is 1. The van der Waals surface area contributed by atoms with E-state index in [0.29, 0.717) is 6.54 Å². The quantitative estimate of drug-likeness (QED) is 0.666. The molecular formula is C6H7ClN2O. The van der Waals surface area contributed by atoms with E-state index in [4.69, 9.17) is 9.68 Å². The van der Waals surface area contributed by atoms with Crippen molar-refractivity contribution in [3.05, 3.63) is 18.6 Å². The summed E-state index contributed by atoms with van der Waals surface area (Å²) in [6.45, 7) is 0.319. The van der Waals surface area contributed by atoms with Crippen LogP contribution < -0.4 is 5.32 Å². The lowest BCUT2D eigenvalue weighted by atomic mass is 10.5. The monoisotopic (exact) mass is 158 g/mol. The highest BCUT2D eigenvalue weighted by Gasteiger charge is 1.87. The molecule has 0 saturated carbocycles. The lowest BCUT2D eigenvalue weighted by Crippen LogP contribution is -1.95. The summed E-state index contributed by atoms with van der Waals surface area (Å²) in [4.78, 5) is 0. The molecule has 1 rings (SSSR count). The molecule has 1 N–H and O–H groups in total. The molecule has 54 valence electrons. The van der Waals surface area contributed by atoms with Crippen LogP contribution in [0.5, 0.6) is 0 Å². The number of halogens is 1. The van der Waals surface area contributed by atoms with E-state index in [2.05, 4.69) is 5.32 Å². The van der Waals surface area contributed by atoms with E-state index in [0.717, 1.165) is 5.69 Å². The number of rotatable bonds is 2. The number of anilines is 1. The zero-order chi connectivity index (χ0) is 6.53. The summed E-state index contributed by atoms with van der Waals surface area (Å²) >= 11 is 0. The molecule has 1 aromatic rings. The second kappa shape index (κ2) is 4.71. The van der Waals surface area contributed by atoms with Gasteiger partial charge >= 0.3 is 0 Å². The Labute approximate surface area is 65.1 Å². The third-order valence-corrected chi connectivity index (χ3v) is 0.893. The van der Waals surface area contributed by atoms with Gasteiger partial charge in [-0.3, -0.25) is 0 Å². The van der Waals surface area contributed by atoms with Crippen molar-refractivity contribution in [1.29, 1.82) is 5.26 Å². The average Bonchev–Trinajstić information content (AvgIpc) is 2.34. The van der Waals surface area contributed by atoms with Crippen molar-refractivity contribution in [1.82, 2.24) is 0 Å². The van der Waals surface area contributed by atoms with E-state index in [9.17, 15) is 0 Å². The first-order valence-electron chi connectivity index (χ1n) is 2.56. The first-order valence-corrected chi connectivity index (χ1v) is 2.56. The van der Waals surface area contributed by atoms with E-state index in [-0.39, 0.29) is 12.4 Å². The van der Waals surface area contributed by atoms with Gasteiger partial charge in [-0.2, -0.15) is 5.26 Å². The van der Waals surface area contributed by atoms with Crippen LogP contribution in [-0.2, 0) is 0 Å². The lowest BCUT2D eigenvalue weighted by Gasteiger charge is -1.90. The van der Waals surface area contributed by atoms with Gasteiger partial charge in [-0.15, -0.1) is 12.4 Å². The van der Waals surface area contributed by atoms with Crippen molar-refractivity contribution in [3.8, 4) is 6.07 Å². The van der Waals surface area contributed by atoms with Gasteiger partial charge < -0.3 is 9.73 Å². The topological polar surface area (TPSA) is 49.0 Å². The third kappa shape index (κ3) is 2.42. The number of nitriles is 1. The maximum Gasteiger partial charge on any atom is 0.113 e. The van der Waals surface area contributed by atoms with Crippen LogP contribution in [0.4, 0.5) is 5.69 Å².